The van der Waals surface area contributed by atoms with Gasteiger partial charge in [-0.1, -0.05) is 5.16 Å². The van der Waals surface area contributed by atoms with Gasteiger partial charge in [-0.25, -0.2) is 13.1 Å². The molecule has 0 saturated carbocycles. The van der Waals surface area contributed by atoms with Gasteiger partial charge in [0.25, 0.3) is 10.0 Å². The highest BCUT2D eigenvalue weighted by atomic mass is 79.9. The van der Waals surface area contributed by atoms with Gasteiger partial charge in [-0.05, 0) is 34.3 Å². The van der Waals surface area contributed by atoms with Crippen LogP contribution < -0.4 is 10.5 Å². The Bertz CT molecular complexity index is 512. The molecule has 4 N–H and O–H groups in total. The van der Waals surface area contributed by atoms with Crippen LogP contribution in [0.1, 0.15) is 13.3 Å². The Balaban J connectivity index is 2.78. The normalized spacial score (nSPS) is 14.8. The fourth-order valence-electron chi connectivity index (χ4n) is 1.19. The van der Waals surface area contributed by atoms with Crippen LogP contribution in [0.4, 0.5) is 0 Å². The van der Waals surface area contributed by atoms with Crippen molar-refractivity contribution in [2.75, 3.05) is 0 Å². The van der Waals surface area contributed by atoms with Crippen molar-refractivity contribution >= 4 is 43.1 Å². The van der Waals surface area contributed by atoms with Crippen LogP contribution in [-0.2, 0) is 10.0 Å². The quantitative estimate of drug-likeness (QED) is 0.325. The predicted molar refractivity (Wildman–Crippen MR) is 69.8 cm³/mol. The molecule has 0 amide bonds. The van der Waals surface area contributed by atoms with Crippen LogP contribution in [-0.4, -0.2) is 25.5 Å². The van der Waals surface area contributed by atoms with Crippen molar-refractivity contribution in [2.45, 2.75) is 23.6 Å². The molecule has 1 unspecified atom stereocenters. The summed E-state index contributed by atoms with van der Waals surface area (Å²) in [6, 6.07) is 1.21. The van der Waals surface area contributed by atoms with Crippen molar-refractivity contribution in [3.8, 4) is 0 Å². The summed E-state index contributed by atoms with van der Waals surface area (Å²) in [5.41, 5.74) is 5.30. The molecule has 0 radical (unpaired) electrons. The molecule has 1 aromatic rings. The second-order valence-corrected chi connectivity index (χ2v) is 7.05. The van der Waals surface area contributed by atoms with Crippen molar-refractivity contribution < 1.29 is 13.6 Å². The van der Waals surface area contributed by atoms with E-state index in [1.54, 1.807) is 18.4 Å². The molecule has 17 heavy (non-hydrogen) atoms. The van der Waals surface area contributed by atoms with Gasteiger partial charge < -0.3 is 10.9 Å². The highest BCUT2D eigenvalue weighted by Gasteiger charge is 2.21. The molecule has 0 aliphatic heterocycles. The summed E-state index contributed by atoms with van der Waals surface area (Å²) in [5.74, 6) is -0.0227. The number of oxime groups is 1. The summed E-state index contributed by atoms with van der Waals surface area (Å²) < 4.78 is 27.0. The Hall–Kier alpha value is -0.640. The van der Waals surface area contributed by atoms with E-state index in [1.807, 2.05) is 0 Å². The van der Waals surface area contributed by atoms with Gasteiger partial charge in [-0.3, -0.25) is 0 Å². The lowest BCUT2D eigenvalue weighted by molar-refractivity contribution is 0.316. The highest BCUT2D eigenvalue weighted by Crippen LogP contribution is 2.27. The second kappa shape index (κ2) is 5.80. The number of amidine groups is 1. The van der Waals surface area contributed by atoms with Crippen LogP contribution in [0.25, 0.3) is 0 Å². The van der Waals surface area contributed by atoms with Gasteiger partial charge in [0.05, 0.1) is 0 Å². The zero-order valence-corrected chi connectivity index (χ0v) is 12.1. The minimum atomic E-state index is -3.57. The fraction of sp³-hybridized carbons (Fsp3) is 0.375. The maximum absolute atomic E-state index is 11.9. The van der Waals surface area contributed by atoms with E-state index < -0.39 is 16.1 Å². The third kappa shape index (κ3) is 3.95. The van der Waals surface area contributed by atoms with E-state index >= 15 is 0 Å². The number of nitrogens with zero attached hydrogens (tertiary/aromatic N) is 1. The Morgan fingerprint density at radius 1 is 1.76 bits per heavy atom. The number of thiophene rings is 1. The number of nitrogens with two attached hydrogens (primary N) is 1. The number of nitrogens with one attached hydrogen (secondary N) is 1. The SMILES string of the molecule is CC(CC(N)=NO)NS(=O)(=O)c1sccc1Br. The number of sulfonamides is 1. The Morgan fingerprint density at radius 2 is 2.41 bits per heavy atom. The lowest BCUT2D eigenvalue weighted by atomic mass is 10.2. The summed E-state index contributed by atoms with van der Waals surface area (Å²) in [6.45, 7) is 1.64. The van der Waals surface area contributed by atoms with E-state index in [4.69, 9.17) is 10.9 Å². The molecule has 0 saturated heterocycles. The Labute approximate surface area is 112 Å². The van der Waals surface area contributed by atoms with E-state index in [1.165, 1.54) is 0 Å². The van der Waals surface area contributed by atoms with Crippen molar-refractivity contribution in [1.29, 1.82) is 0 Å². The van der Waals surface area contributed by atoms with Gasteiger partial charge >= 0.3 is 0 Å². The second-order valence-electron chi connectivity index (χ2n) is 3.37. The lowest BCUT2D eigenvalue weighted by Gasteiger charge is -2.12. The third-order valence-electron chi connectivity index (χ3n) is 1.83. The number of halogens is 1. The summed E-state index contributed by atoms with van der Waals surface area (Å²) in [7, 11) is -3.57. The monoisotopic (exact) mass is 341 g/mol. The van der Waals surface area contributed by atoms with Crippen LogP contribution in [0.2, 0.25) is 0 Å². The molecule has 1 aromatic heterocycles. The standard InChI is InChI=1S/C8H12BrN3O3S2/c1-5(4-7(10)11-13)12-17(14,15)8-6(9)2-3-16-8/h2-3,5,12-13H,4H2,1H3,(H2,10,11). The molecular formula is C8H12BrN3O3S2. The molecular weight excluding hydrogens is 330 g/mol. The van der Waals surface area contributed by atoms with Crippen molar-refractivity contribution in [2.24, 2.45) is 10.9 Å². The molecule has 96 valence electrons. The lowest BCUT2D eigenvalue weighted by Crippen LogP contribution is -2.35. The average molecular weight is 342 g/mol. The first-order chi connectivity index (χ1) is 7.86. The van der Waals surface area contributed by atoms with E-state index in [0.717, 1.165) is 11.3 Å². The zero-order valence-electron chi connectivity index (χ0n) is 8.92. The highest BCUT2D eigenvalue weighted by molar-refractivity contribution is 9.10. The van der Waals surface area contributed by atoms with Gasteiger partial charge in [0.1, 0.15) is 10.0 Å². The maximum Gasteiger partial charge on any atom is 0.251 e. The molecule has 0 bridgehead atoms. The predicted octanol–water partition coefficient (Wildman–Crippen LogP) is 1.31. The molecule has 1 heterocycles. The smallest absolute Gasteiger partial charge is 0.251 e. The number of rotatable bonds is 5. The van der Waals surface area contributed by atoms with Crippen molar-refractivity contribution in [3.63, 3.8) is 0 Å². The molecule has 0 aliphatic rings. The van der Waals surface area contributed by atoms with Crippen molar-refractivity contribution in [3.05, 3.63) is 15.9 Å². The molecule has 1 rings (SSSR count). The maximum atomic E-state index is 11.9. The van der Waals surface area contributed by atoms with Crippen LogP contribution in [0.15, 0.2) is 25.3 Å². The van der Waals surface area contributed by atoms with Crippen LogP contribution in [0, 0.1) is 0 Å². The van der Waals surface area contributed by atoms with Gasteiger partial charge in [0, 0.05) is 16.9 Å². The number of hydrogen-bond acceptors (Lipinski definition) is 5. The van der Waals surface area contributed by atoms with E-state index in [-0.39, 0.29) is 16.5 Å². The number of hydrogen-bond donors (Lipinski definition) is 3. The van der Waals surface area contributed by atoms with E-state index in [9.17, 15) is 8.42 Å². The molecule has 0 aromatic carbocycles. The van der Waals surface area contributed by atoms with Gasteiger partial charge in [-0.2, -0.15) is 0 Å². The summed E-state index contributed by atoms with van der Waals surface area (Å²) in [4.78, 5) is 0. The minimum absolute atomic E-state index is 0.0227. The van der Waals surface area contributed by atoms with Gasteiger partial charge in [-0.15, -0.1) is 11.3 Å². The summed E-state index contributed by atoms with van der Waals surface area (Å²) >= 11 is 4.27. The van der Waals surface area contributed by atoms with Crippen LogP contribution >= 0.6 is 27.3 Å². The topological polar surface area (TPSA) is 105 Å². The minimum Gasteiger partial charge on any atom is -0.409 e. The van der Waals surface area contributed by atoms with Crippen LogP contribution in [0.5, 0.6) is 0 Å². The summed E-state index contributed by atoms with van der Waals surface area (Å²) in [5, 5.41) is 12.9. The Morgan fingerprint density at radius 3 is 2.88 bits per heavy atom. The molecule has 0 aliphatic carbocycles. The first-order valence-electron chi connectivity index (χ1n) is 4.58. The molecule has 0 fully saturated rings. The summed E-state index contributed by atoms with van der Waals surface area (Å²) in [6.07, 6.45) is 0.138. The molecule has 9 heteroatoms. The van der Waals surface area contributed by atoms with Crippen molar-refractivity contribution in [1.82, 2.24) is 4.72 Å². The first kappa shape index (κ1) is 14.4. The molecule has 0 spiro atoms. The molecule has 6 nitrogen and oxygen atoms in total. The largest absolute Gasteiger partial charge is 0.409 e. The van der Waals surface area contributed by atoms with Gasteiger partial charge in [0.2, 0.25) is 0 Å². The zero-order chi connectivity index (χ0) is 13.1. The third-order valence-corrected chi connectivity index (χ3v) is 6.09. The van der Waals surface area contributed by atoms with E-state index in [2.05, 4.69) is 25.8 Å². The Kier molecular flexibility index (Phi) is 4.92. The first-order valence-corrected chi connectivity index (χ1v) is 7.74. The van der Waals surface area contributed by atoms with Crippen LogP contribution in [0.3, 0.4) is 0 Å². The average Bonchev–Trinajstić information content (AvgIpc) is 2.63. The van der Waals surface area contributed by atoms with Gasteiger partial charge in [0.15, 0.2) is 0 Å². The fourth-order valence-corrected chi connectivity index (χ4v) is 4.78. The molecule has 1 atom stereocenters. The van der Waals surface area contributed by atoms with E-state index in [0.29, 0.717) is 4.47 Å².